The summed E-state index contributed by atoms with van der Waals surface area (Å²) in [7, 11) is -1.51. The molecule has 100 valence electrons. The summed E-state index contributed by atoms with van der Waals surface area (Å²) < 4.78 is 2.72. The number of benzene rings is 1. The first-order valence-electron chi connectivity index (χ1n) is 7.16. The molecule has 1 rings (SSSR count). The molecule has 0 saturated heterocycles. The number of nitrogens with zero attached hydrogens (tertiary/aromatic N) is 1. The van der Waals surface area contributed by atoms with Gasteiger partial charge in [0.25, 0.3) is 0 Å². The minimum absolute atomic E-state index is 1.16. The number of rotatable bonds is 7. The Hall–Kier alpha value is -0.863. The van der Waals surface area contributed by atoms with Gasteiger partial charge in [0, 0.05) is 0 Å². The monoisotopic (exact) mass is 261 g/mol. The van der Waals surface area contributed by atoms with Gasteiger partial charge in [0.1, 0.15) is 0 Å². The molecule has 0 aliphatic heterocycles. The van der Waals surface area contributed by atoms with Crippen molar-refractivity contribution in [1.29, 1.82) is 0 Å². The third-order valence-corrected chi connectivity index (χ3v) is 9.77. The van der Waals surface area contributed by atoms with E-state index in [-0.39, 0.29) is 0 Å². The first-order chi connectivity index (χ1) is 8.68. The average Bonchev–Trinajstić information content (AvgIpc) is 2.45. The van der Waals surface area contributed by atoms with Gasteiger partial charge >= 0.3 is 0 Å². The highest BCUT2D eigenvalue weighted by atomic mass is 28.3. The lowest BCUT2D eigenvalue weighted by atomic mass is 10.2. The first-order valence-corrected chi connectivity index (χ1v) is 9.52. The van der Waals surface area contributed by atoms with Crippen LogP contribution in [0.15, 0.2) is 30.8 Å². The zero-order chi connectivity index (χ0) is 13.6. The number of hydrogen-bond donors (Lipinski definition) is 0. The van der Waals surface area contributed by atoms with Crippen LogP contribution < -0.4 is 5.19 Å². The molecule has 0 fully saturated rings. The van der Waals surface area contributed by atoms with Crippen LogP contribution in [0.2, 0.25) is 12.1 Å². The van der Waals surface area contributed by atoms with Crippen LogP contribution in [0.25, 0.3) is 6.08 Å². The lowest BCUT2D eigenvalue weighted by molar-refractivity contribution is 0.465. The maximum Gasteiger partial charge on any atom is 0.159 e. The van der Waals surface area contributed by atoms with Crippen molar-refractivity contribution in [2.24, 2.45) is 0 Å². The molecule has 1 nitrogen and oxygen atoms in total. The average molecular weight is 261 g/mol. The Kier molecular flexibility index (Phi) is 5.83. The molecular weight excluding hydrogens is 234 g/mol. The van der Waals surface area contributed by atoms with Gasteiger partial charge in [-0.2, -0.15) is 0 Å². The first kappa shape index (κ1) is 15.2. The highest BCUT2D eigenvalue weighted by molar-refractivity contribution is 6.89. The highest BCUT2D eigenvalue weighted by Crippen LogP contribution is 2.21. The van der Waals surface area contributed by atoms with Gasteiger partial charge in [-0.3, -0.25) is 0 Å². The zero-order valence-corrected chi connectivity index (χ0v) is 13.4. The van der Waals surface area contributed by atoms with Gasteiger partial charge < -0.3 is 4.57 Å². The SMILES string of the molecule is C=Cc1cccc([Si](CC)(CC)N(CC)CC)c1. The molecular formula is C16H27NSi. The van der Waals surface area contributed by atoms with Crippen LogP contribution in [0.4, 0.5) is 0 Å². The van der Waals surface area contributed by atoms with Crippen molar-refractivity contribution in [1.82, 2.24) is 4.57 Å². The maximum absolute atomic E-state index is 3.89. The normalized spacial score (nSPS) is 11.8. The molecule has 0 radical (unpaired) electrons. The molecule has 0 heterocycles. The van der Waals surface area contributed by atoms with Crippen molar-refractivity contribution in [3.8, 4) is 0 Å². The van der Waals surface area contributed by atoms with Crippen LogP contribution in [0.5, 0.6) is 0 Å². The minimum Gasteiger partial charge on any atom is -0.320 e. The molecule has 0 aliphatic carbocycles. The van der Waals surface area contributed by atoms with E-state index in [1.54, 1.807) is 5.19 Å². The van der Waals surface area contributed by atoms with Crippen molar-refractivity contribution >= 4 is 19.5 Å². The molecule has 0 saturated carbocycles. The fraction of sp³-hybridized carbons (Fsp3) is 0.500. The van der Waals surface area contributed by atoms with Gasteiger partial charge in [0.2, 0.25) is 0 Å². The van der Waals surface area contributed by atoms with Gasteiger partial charge in [0.15, 0.2) is 8.24 Å². The van der Waals surface area contributed by atoms with Crippen molar-refractivity contribution < 1.29 is 0 Å². The third kappa shape index (κ3) is 2.75. The van der Waals surface area contributed by atoms with E-state index < -0.39 is 8.24 Å². The minimum atomic E-state index is -1.51. The second kappa shape index (κ2) is 6.91. The van der Waals surface area contributed by atoms with Crippen molar-refractivity contribution in [2.45, 2.75) is 39.8 Å². The summed E-state index contributed by atoms with van der Waals surface area (Å²) in [6, 6.07) is 11.6. The van der Waals surface area contributed by atoms with Gasteiger partial charge in [0.05, 0.1) is 0 Å². The van der Waals surface area contributed by atoms with Crippen LogP contribution in [0.1, 0.15) is 33.3 Å². The summed E-state index contributed by atoms with van der Waals surface area (Å²) in [5, 5.41) is 1.56. The molecule has 0 atom stereocenters. The van der Waals surface area contributed by atoms with Crippen molar-refractivity contribution in [3.63, 3.8) is 0 Å². The van der Waals surface area contributed by atoms with Crippen LogP contribution in [-0.4, -0.2) is 25.9 Å². The second-order valence-corrected chi connectivity index (χ2v) is 9.43. The quantitative estimate of drug-likeness (QED) is 0.674. The van der Waals surface area contributed by atoms with E-state index in [9.17, 15) is 0 Å². The zero-order valence-electron chi connectivity index (χ0n) is 12.4. The molecule has 0 aromatic heterocycles. The second-order valence-electron chi connectivity index (χ2n) is 4.74. The fourth-order valence-electron chi connectivity index (χ4n) is 3.07. The lowest BCUT2D eigenvalue weighted by Gasteiger charge is -2.41. The van der Waals surface area contributed by atoms with Crippen LogP contribution >= 0.6 is 0 Å². The van der Waals surface area contributed by atoms with Crippen LogP contribution in [0, 0.1) is 0 Å². The van der Waals surface area contributed by atoms with Crippen LogP contribution in [0.3, 0.4) is 0 Å². The Morgan fingerprint density at radius 2 is 1.72 bits per heavy atom. The molecule has 0 bridgehead atoms. The summed E-state index contributed by atoms with van der Waals surface area (Å²) in [4.78, 5) is 0. The number of hydrogen-bond acceptors (Lipinski definition) is 1. The molecule has 1 aromatic carbocycles. The van der Waals surface area contributed by atoms with Crippen molar-refractivity contribution in [3.05, 3.63) is 36.4 Å². The molecule has 0 unspecified atom stereocenters. The molecule has 18 heavy (non-hydrogen) atoms. The van der Waals surface area contributed by atoms with E-state index in [1.165, 1.54) is 17.7 Å². The molecule has 0 N–H and O–H groups in total. The van der Waals surface area contributed by atoms with Gasteiger partial charge in [-0.05, 0) is 35.9 Å². The summed E-state index contributed by atoms with van der Waals surface area (Å²) in [5.74, 6) is 0. The van der Waals surface area contributed by atoms with E-state index >= 15 is 0 Å². The van der Waals surface area contributed by atoms with Gasteiger partial charge in [-0.1, -0.05) is 64.6 Å². The van der Waals surface area contributed by atoms with E-state index in [2.05, 4.69) is 63.1 Å². The highest BCUT2D eigenvalue weighted by Gasteiger charge is 2.36. The Labute approximate surface area is 114 Å². The van der Waals surface area contributed by atoms with Crippen molar-refractivity contribution in [2.75, 3.05) is 13.1 Å². The van der Waals surface area contributed by atoms with E-state index in [0.29, 0.717) is 0 Å². The largest absolute Gasteiger partial charge is 0.320 e. The predicted molar refractivity (Wildman–Crippen MR) is 85.8 cm³/mol. The molecule has 0 spiro atoms. The maximum atomic E-state index is 3.89. The van der Waals surface area contributed by atoms with Crippen LogP contribution in [-0.2, 0) is 0 Å². The fourth-order valence-corrected chi connectivity index (χ4v) is 7.70. The Balaban J connectivity index is 3.28. The summed E-state index contributed by atoms with van der Waals surface area (Å²) in [5.41, 5.74) is 1.25. The molecule has 2 heteroatoms. The molecule has 0 amide bonds. The topological polar surface area (TPSA) is 3.24 Å². The van der Waals surface area contributed by atoms with E-state index in [1.807, 2.05) is 6.08 Å². The summed E-state index contributed by atoms with van der Waals surface area (Å²) in [6.45, 7) is 15.5. The van der Waals surface area contributed by atoms with E-state index in [0.717, 1.165) is 13.1 Å². The summed E-state index contributed by atoms with van der Waals surface area (Å²) >= 11 is 0. The Morgan fingerprint density at radius 1 is 1.11 bits per heavy atom. The van der Waals surface area contributed by atoms with Gasteiger partial charge in [-0.25, -0.2) is 0 Å². The third-order valence-electron chi connectivity index (χ3n) is 4.20. The Bertz CT molecular complexity index is 378. The van der Waals surface area contributed by atoms with Gasteiger partial charge in [-0.15, -0.1) is 0 Å². The lowest BCUT2D eigenvalue weighted by Crippen LogP contribution is -2.61. The standard InChI is InChI=1S/C16H27NSi/c1-6-15-12-11-13-16(14-15)18(9-4,10-5)17(7-2)8-3/h6,11-14H,1,7-10H2,2-5H3. The predicted octanol–water partition coefficient (Wildman–Crippen LogP) is 3.86. The molecule has 1 aromatic rings. The Morgan fingerprint density at radius 3 is 2.17 bits per heavy atom. The summed E-state index contributed by atoms with van der Waals surface area (Å²) in [6.07, 6.45) is 1.95. The molecule has 0 aliphatic rings. The smallest absolute Gasteiger partial charge is 0.159 e. The van der Waals surface area contributed by atoms with E-state index in [4.69, 9.17) is 0 Å².